The van der Waals surface area contributed by atoms with Crippen LogP contribution in [0.15, 0.2) is 63.7 Å². The zero-order valence-electron chi connectivity index (χ0n) is 16.0. The van der Waals surface area contributed by atoms with E-state index in [-0.39, 0.29) is 10.6 Å². The number of benzene rings is 3. The molecule has 1 heterocycles. The number of H-pyrrole nitrogens is 1. The summed E-state index contributed by atoms with van der Waals surface area (Å²) < 4.78 is 29.1. The van der Waals surface area contributed by atoms with Crippen molar-refractivity contribution in [1.82, 2.24) is 15.2 Å². The summed E-state index contributed by atoms with van der Waals surface area (Å²) in [5, 5.41) is 19.3. The monoisotopic (exact) mass is 460 g/mol. The van der Waals surface area contributed by atoms with E-state index in [4.69, 9.17) is 11.6 Å². The second-order valence-corrected chi connectivity index (χ2v) is 9.77. The van der Waals surface area contributed by atoms with E-state index in [1.165, 1.54) is 6.33 Å². The highest BCUT2D eigenvalue weighted by molar-refractivity contribution is 7.99. The molecule has 4 aromatic rings. The number of hydrogen-bond acceptors (Lipinski definition) is 6. The quantitative estimate of drug-likeness (QED) is 0.366. The van der Waals surface area contributed by atoms with E-state index in [1.54, 1.807) is 56.3 Å². The Morgan fingerprint density at radius 1 is 1.10 bits per heavy atom. The SMILES string of the molecule is Cc1cc(S(=O)(=O)Nc2cc(Sc3ncn[nH]3)c(O)c3ccccc23)c(C)cc1Cl. The number of anilines is 1. The van der Waals surface area contributed by atoms with E-state index in [0.717, 1.165) is 11.8 Å². The molecule has 3 aromatic carbocycles. The van der Waals surface area contributed by atoms with Crippen molar-refractivity contribution in [3.05, 3.63) is 64.9 Å². The van der Waals surface area contributed by atoms with Gasteiger partial charge in [-0.25, -0.2) is 13.4 Å². The fourth-order valence-corrected chi connectivity index (χ4v) is 5.48. The van der Waals surface area contributed by atoms with Crippen molar-refractivity contribution >= 4 is 49.8 Å². The molecule has 0 saturated heterocycles. The first-order valence-electron chi connectivity index (χ1n) is 8.84. The maximum atomic E-state index is 13.2. The van der Waals surface area contributed by atoms with Gasteiger partial charge in [0, 0.05) is 15.8 Å². The number of halogens is 1. The van der Waals surface area contributed by atoms with Crippen LogP contribution in [0.2, 0.25) is 5.02 Å². The van der Waals surface area contributed by atoms with Gasteiger partial charge in [-0.05, 0) is 54.9 Å². The minimum Gasteiger partial charge on any atom is -0.506 e. The molecule has 0 bridgehead atoms. The Kier molecular flexibility index (Phi) is 5.35. The number of rotatable bonds is 5. The van der Waals surface area contributed by atoms with Gasteiger partial charge < -0.3 is 5.11 Å². The smallest absolute Gasteiger partial charge is 0.262 e. The molecule has 0 spiro atoms. The zero-order chi connectivity index (χ0) is 21.5. The molecular weight excluding hydrogens is 444 g/mol. The summed E-state index contributed by atoms with van der Waals surface area (Å²) in [4.78, 5) is 4.63. The van der Waals surface area contributed by atoms with Crippen molar-refractivity contribution in [3.63, 3.8) is 0 Å². The number of phenols is 1. The molecule has 0 saturated carbocycles. The third-order valence-electron chi connectivity index (χ3n) is 4.57. The lowest BCUT2D eigenvalue weighted by atomic mass is 10.1. The number of hydrogen-bond donors (Lipinski definition) is 3. The van der Waals surface area contributed by atoms with Crippen LogP contribution < -0.4 is 4.72 Å². The molecule has 3 N–H and O–H groups in total. The number of phenolic OH excluding ortho intramolecular Hbond substituents is 1. The fraction of sp³-hybridized carbons (Fsp3) is 0.100. The Morgan fingerprint density at radius 2 is 1.83 bits per heavy atom. The Bertz CT molecular complexity index is 1360. The normalized spacial score (nSPS) is 11.7. The van der Waals surface area contributed by atoms with Crippen LogP contribution in [0.3, 0.4) is 0 Å². The van der Waals surface area contributed by atoms with Gasteiger partial charge in [0.2, 0.25) is 0 Å². The molecule has 0 unspecified atom stereocenters. The third-order valence-corrected chi connectivity index (χ3v) is 7.41. The first kappa shape index (κ1) is 20.5. The predicted molar refractivity (Wildman–Crippen MR) is 118 cm³/mol. The maximum Gasteiger partial charge on any atom is 0.262 e. The molecule has 0 aliphatic carbocycles. The lowest BCUT2D eigenvalue weighted by Gasteiger charge is -2.16. The van der Waals surface area contributed by atoms with Crippen LogP contribution in [-0.2, 0) is 10.0 Å². The van der Waals surface area contributed by atoms with E-state index in [1.807, 2.05) is 0 Å². The van der Waals surface area contributed by atoms with E-state index >= 15 is 0 Å². The first-order chi connectivity index (χ1) is 14.3. The second-order valence-electron chi connectivity index (χ2n) is 6.68. The van der Waals surface area contributed by atoms with Crippen LogP contribution in [0.4, 0.5) is 5.69 Å². The average Bonchev–Trinajstić information content (AvgIpc) is 3.21. The van der Waals surface area contributed by atoms with E-state index < -0.39 is 10.0 Å². The summed E-state index contributed by atoms with van der Waals surface area (Å²) >= 11 is 7.27. The van der Waals surface area contributed by atoms with E-state index in [9.17, 15) is 13.5 Å². The lowest BCUT2D eigenvalue weighted by Crippen LogP contribution is -2.15. The summed E-state index contributed by atoms with van der Waals surface area (Å²) in [5.74, 6) is 0.0356. The van der Waals surface area contributed by atoms with Crippen LogP contribution in [0, 0.1) is 13.8 Å². The van der Waals surface area contributed by atoms with Crippen molar-refractivity contribution in [1.29, 1.82) is 0 Å². The van der Waals surface area contributed by atoms with Gasteiger partial charge in [-0.15, -0.1) is 0 Å². The fourth-order valence-electron chi connectivity index (χ4n) is 3.09. The number of aryl methyl sites for hydroxylation is 2. The summed E-state index contributed by atoms with van der Waals surface area (Å²) in [6, 6.07) is 11.8. The van der Waals surface area contributed by atoms with E-state index in [0.29, 0.717) is 42.7 Å². The summed E-state index contributed by atoms with van der Waals surface area (Å²) in [6.45, 7) is 3.45. The summed E-state index contributed by atoms with van der Waals surface area (Å²) in [7, 11) is -3.90. The highest BCUT2D eigenvalue weighted by Crippen LogP contribution is 2.42. The minimum atomic E-state index is -3.90. The van der Waals surface area contributed by atoms with Crippen LogP contribution in [0.1, 0.15) is 11.1 Å². The molecule has 7 nitrogen and oxygen atoms in total. The molecular formula is C20H17ClN4O3S2. The van der Waals surface area contributed by atoms with Gasteiger partial charge >= 0.3 is 0 Å². The second kappa shape index (κ2) is 7.82. The van der Waals surface area contributed by atoms with Gasteiger partial charge in [0.05, 0.1) is 15.5 Å². The van der Waals surface area contributed by atoms with Crippen LogP contribution in [0.25, 0.3) is 10.8 Å². The summed E-state index contributed by atoms with van der Waals surface area (Å²) in [6.07, 6.45) is 1.36. The molecule has 154 valence electrons. The number of aromatic amines is 1. The lowest BCUT2D eigenvalue weighted by molar-refractivity contribution is 0.469. The molecule has 1 aromatic heterocycles. The predicted octanol–water partition coefficient (Wildman–Crippen LogP) is 4.89. The molecule has 0 radical (unpaired) electrons. The van der Waals surface area contributed by atoms with Gasteiger partial charge in [0.15, 0.2) is 5.16 Å². The van der Waals surface area contributed by atoms with E-state index in [2.05, 4.69) is 19.9 Å². The van der Waals surface area contributed by atoms with Gasteiger partial charge in [-0.1, -0.05) is 35.9 Å². The van der Waals surface area contributed by atoms with Gasteiger partial charge in [-0.3, -0.25) is 9.82 Å². The number of aromatic nitrogens is 3. The third kappa shape index (κ3) is 3.83. The average molecular weight is 461 g/mol. The number of fused-ring (bicyclic) bond motifs is 1. The van der Waals surface area contributed by atoms with Crippen molar-refractivity contribution in [2.45, 2.75) is 28.8 Å². The molecule has 0 aliphatic heterocycles. The highest BCUT2D eigenvalue weighted by atomic mass is 35.5. The van der Waals surface area contributed by atoms with Crippen LogP contribution >= 0.6 is 23.4 Å². The Balaban J connectivity index is 1.84. The van der Waals surface area contributed by atoms with Crippen molar-refractivity contribution < 1.29 is 13.5 Å². The Hall–Kier alpha value is -2.75. The molecule has 4 rings (SSSR count). The van der Waals surface area contributed by atoms with Gasteiger partial charge in [0.1, 0.15) is 12.1 Å². The van der Waals surface area contributed by atoms with Crippen molar-refractivity contribution in [3.8, 4) is 5.75 Å². The topological polar surface area (TPSA) is 108 Å². The number of nitrogens with zero attached hydrogens (tertiary/aromatic N) is 2. The largest absolute Gasteiger partial charge is 0.506 e. The van der Waals surface area contributed by atoms with Gasteiger partial charge in [-0.2, -0.15) is 5.10 Å². The van der Waals surface area contributed by atoms with Crippen LogP contribution in [-0.4, -0.2) is 28.7 Å². The Labute approximate surface area is 182 Å². The molecule has 0 amide bonds. The molecule has 10 heteroatoms. The molecule has 0 aliphatic rings. The number of aromatic hydroxyl groups is 1. The minimum absolute atomic E-state index is 0.0356. The molecule has 0 atom stereocenters. The number of sulfonamides is 1. The highest BCUT2D eigenvalue weighted by Gasteiger charge is 2.21. The molecule has 30 heavy (non-hydrogen) atoms. The van der Waals surface area contributed by atoms with Crippen LogP contribution in [0.5, 0.6) is 5.75 Å². The van der Waals surface area contributed by atoms with Gasteiger partial charge in [0.25, 0.3) is 10.0 Å². The first-order valence-corrected chi connectivity index (χ1v) is 11.5. The summed E-state index contributed by atoms with van der Waals surface area (Å²) in [5.41, 5.74) is 1.55. The van der Waals surface area contributed by atoms with Crippen molar-refractivity contribution in [2.75, 3.05) is 4.72 Å². The standard InChI is InChI=1S/C20H17ClN4O3S2/c1-11-8-18(12(2)7-15(11)21)30(27,28)25-16-9-17(29-20-22-10-23-24-20)19(26)14-6-4-3-5-13(14)16/h3-10,25-26H,1-2H3,(H,22,23,24). The maximum absolute atomic E-state index is 13.2. The Morgan fingerprint density at radius 3 is 2.53 bits per heavy atom. The molecule has 0 fully saturated rings. The zero-order valence-corrected chi connectivity index (χ0v) is 18.4. The number of nitrogens with one attached hydrogen (secondary N) is 2. The van der Waals surface area contributed by atoms with Crippen molar-refractivity contribution in [2.24, 2.45) is 0 Å².